The minimum absolute atomic E-state index is 0.203. The molecule has 0 unspecified atom stereocenters. The zero-order valence-corrected chi connectivity index (χ0v) is 10.9. The maximum absolute atomic E-state index is 11.8. The molecule has 0 aliphatic carbocycles. The van der Waals surface area contributed by atoms with E-state index in [2.05, 4.69) is 10.3 Å². The summed E-state index contributed by atoms with van der Waals surface area (Å²) in [7, 11) is 0. The molecule has 17 heavy (non-hydrogen) atoms. The lowest BCUT2D eigenvalue weighted by Crippen LogP contribution is -2.31. The molecule has 1 aromatic heterocycles. The second kappa shape index (κ2) is 6.89. The highest BCUT2D eigenvalue weighted by molar-refractivity contribution is 5.76. The van der Waals surface area contributed by atoms with Crippen LogP contribution in [0, 0.1) is 6.92 Å². The highest BCUT2D eigenvalue weighted by atomic mass is 16.2. The number of anilines is 1. The van der Waals surface area contributed by atoms with Crippen molar-refractivity contribution in [1.82, 2.24) is 9.88 Å². The fraction of sp³-hybridized carbons (Fsp3) is 0.538. The third-order valence-corrected chi connectivity index (χ3v) is 2.79. The highest BCUT2D eigenvalue weighted by Crippen LogP contribution is 2.11. The van der Waals surface area contributed by atoms with Gasteiger partial charge in [-0.15, -0.1) is 0 Å². The molecule has 1 aromatic rings. The van der Waals surface area contributed by atoms with Gasteiger partial charge in [-0.2, -0.15) is 0 Å². The van der Waals surface area contributed by atoms with Crippen LogP contribution in [-0.2, 0) is 4.79 Å². The van der Waals surface area contributed by atoms with Gasteiger partial charge in [0.15, 0.2) is 0 Å². The third-order valence-electron chi connectivity index (χ3n) is 2.79. The Morgan fingerprint density at radius 3 is 2.71 bits per heavy atom. The maximum Gasteiger partial charge on any atom is 0.224 e. The summed E-state index contributed by atoms with van der Waals surface area (Å²) in [6, 6.07) is 1.93. The second-order valence-corrected chi connectivity index (χ2v) is 3.93. The van der Waals surface area contributed by atoms with Crippen molar-refractivity contribution in [3.63, 3.8) is 0 Å². The zero-order valence-electron chi connectivity index (χ0n) is 10.9. The first-order valence-corrected chi connectivity index (χ1v) is 6.11. The number of carbonyl (C=O) groups is 1. The van der Waals surface area contributed by atoms with E-state index in [1.54, 1.807) is 6.20 Å². The van der Waals surface area contributed by atoms with Crippen LogP contribution in [0.3, 0.4) is 0 Å². The van der Waals surface area contributed by atoms with Crippen molar-refractivity contribution in [2.24, 2.45) is 0 Å². The van der Waals surface area contributed by atoms with Crippen LogP contribution in [0.15, 0.2) is 18.5 Å². The summed E-state index contributed by atoms with van der Waals surface area (Å²) >= 11 is 0. The Hall–Kier alpha value is -1.58. The van der Waals surface area contributed by atoms with Crippen molar-refractivity contribution in [2.75, 3.05) is 25.0 Å². The fourth-order valence-corrected chi connectivity index (χ4v) is 1.71. The zero-order chi connectivity index (χ0) is 12.7. The monoisotopic (exact) mass is 235 g/mol. The van der Waals surface area contributed by atoms with Gasteiger partial charge in [0.25, 0.3) is 0 Å². The molecule has 1 rings (SSSR count). The van der Waals surface area contributed by atoms with Crippen LogP contribution < -0.4 is 5.32 Å². The Morgan fingerprint density at radius 1 is 1.41 bits per heavy atom. The van der Waals surface area contributed by atoms with Gasteiger partial charge in [0.1, 0.15) is 0 Å². The van der Waals surface area contributed by atoms with Gasteiger partial charge < -0.3 is 10.2 Å². The molecule has 1 N–H and O–H groups in total. The molecule has 0 spiro atoms. The van der Waals surface area contributed by atoms with E-state index in [0.717, 1.165) is 24.3 Å². The summed E-state index contributed by atoms with van der Waals surface area (Å²) in [4.78, 5) is 17.6. The lowest BCUT2D eigenvalue weighted by molar-refractivity contribution is -0.130. The number of aryl methyl sites for hydroxylation is 1. The van der Waals surface area contributed by atoms with Crippen molar-refractivity contribution in [3.05, 3.63) is 24.0 Å². The average molecular weight is 235 g/mol. The summed E-state index contributed by atoms with van der Waals surface area (Å²) in [5.41, 5.74) is 2.15. The van der Waals surface area contributed by atoms with Crippen LogP contribution in [0.25, 0.3) is 0 Å². The summed E-state index contributed by atoms with van der Waals surface area (Å²) in [5.74, 6) is 0.203. The molecule has 4 heteroatoms. The van der Waals surface area contributed by atoms with Crippen molar-refractivity contribution in [1.29, 1.82) is 0 Å². The van der Waals surface area contributed by atoms with Gasteiger partial charge in [0.2, 0.25) is 5.91 Å². The molecule has 4 nitrogen and oxygen atoms in total. The lowest BCUT2D eigenvalue weighted by Gasteiger charge is -2.18. The minimum Gasteiger partial charge on any atom is -0.384 e. The molecule has 0 aliphatic rings. The molecule has 0 radical (unpaired) electrons. The van der Waals surface area contributed by atoms with Gasteiger partial charge in [-0.3, -0.25) is 9.78 Å². The van der Waals surface area contributed by atoms with Crippen LogP contribution in [0.2, 0.25) is 0 Å². The Kier molecular flexibility index (Phi) is 5.46. The van der Waals surface area contributed by atoms with Gasteiger partial charge in [0.05, 0.1) is 0 Å². The molecule has 0 bridgehead atoms. The summed E-state index contributed by atoms with van der Waals surface area (Å²) < 4.78 is 0. The number of nitrogens with zero attached hydrogens (tertiary/aromatic N) is 2. The van der Waals surface area contributed by atoms with Crippen LogP contribution in [0.5, 0.6) is 0 Å². The molecule has 94 valence electrons. The minimum atomic E-state index is 0.203. The van der Waals surface area contributed by atoms with Gasteiger partial charge in [-0.05, 0) is 32.4 Å². The van der Waals surface area contributed by atoms with E-state index in [1.165, 1.54) is 0 Å². The number of amides is 1. The Labute approximate surface area is 103 Å². The van der Waals surface area contributed by atoms with E-state index in [-0.39, 0.29) is 5.91 Å². The third kappa shape index (κ3) is 4.06. The summed E-state index contributed by atoms with van der Waals surface area (Å²) in [6.07, 6.45) is 4.10. The van der Waals surface area contributed by atoms with Crippen molar-refractivity contribution in [2.45, 2.75) is 27.2 Å². The van der Waals surface area contributed by atoms with Gasteiger partial charge in [-0.25, -0.2) is 0 Å². The summed E-state index contributed by atoms with van der Waals surface area (Å²) in [6.45, 7) is 8.23. The van der Waals surface area contributed by atoms with E-state index in [0.29, 0.717) is 13.0 Å². The predicted octanol–water partition coefficient (Wildman–Crippen LogP) is 2.06. The number of hydrogen-bond acceptors (Lipinski definition) is 3. The van der Waals surface area contributed by atoms with E-state index in [1.807, 2.05) is 37.9 Å². The first-order valence-electron chi connectivity index (χ1n) is 6.11. The van der Waals surface area contributed by atoms with Crippen molar-refractivity contribution >= 4 is 11.6 Å². The van der Waals surface area contributed by atoms with Crippen molar-refractivity contribution in [3.8, 4) is 0 Å². The average Bonchev–Trinajstić information content (AvgIpc) is 2.33. The van der Waals surface area contributed by atoms with Gasteiger partial charge in [-0.1, -0.05) is 0 Å². The first-order chi connectivity index (χ1) is 8.19. The predicted molar refractivity (Wildman–Crippen MR) is 70.0 cm³/mol. The molecule has 0 saturated carbocycles. The number of hydrogen-bond donors (Lipinski definition) is 1. The van der Waals surface area contributed by atoms with E-state index in [4.69, 9.17) is 0 Å². The second-order valence-electron chi connectivity index (χ2n) is 3.93. The SMILES string of the molecule is CCN(CC)C(=O)CCNc1ccncc1C. The molecule has 1 heterocycles. The van der Waals surface area contributed by atoms with E-state index in [9.17, 15) is 4.79 Å². The number of aromatic nitrogens is 1. The molecule has 0 aromatic carbocycles. The van der Waals surface area contributed by atoms with Crippen LogP contribution >= 0.6 is 0 Å². The summed E-state index contributed by atoms with van der Waals surface area (Å²) in [5, 5.41) is 3.26. The Bertz CT molecular complexity index is 361. The number of pyridine rings is 1. The number of nitrogens with one attached hydrogen (secondary N) is 1. The fourth-order valence-electron chi connectivity index (χ4n) is 1.71. The first kappa shape index (κ1) is 13.5. The topological polar surface area (TPSA) is 45.2 Å². The standard InChI is InChI=1S/C13H21N3O/c1-4-16(5-2)13(17)7-9-15-12-6-8-14-10-11(12)3/h6,8,10H,4-5,7,9H2,1-3H3,(H,14,15). The molecule has 1 amide bonds. The molecule has 0 fully saturated rings. The van der Waals surface area contributed by atoms with Gasteiger partial charge >= 0.3 is 0 Å². The van der Waals surface area contributed by atoms with Crippen LogP contribution in [0.1, 0.15) is 25.8 Å². The Morgan fingerprint density at radius 2 is 2.12 bits per heavy atom. The largest absolute Gasteiger partial charge is 0.384 e. The smallest absolute Gasteiger partial charge is 0.224 e. The van der Waals surface area contributed by atoms with Gasteiger partial charge in [0, 0.05) is 44.1 Å². The van der Waals surface area contributed by atoms with E-state index >= 15 is 0 Å². The van der Waals surface area contributed by atoms with Crippen LogP contribution in [0.4, 0.5) is 5.69 Å². The highest BCUT2D eigenvalue weighted by Gasteiger charge is 2.08. The van der Waals surface area contributed by atoms with Crippen LogP contribution in [-0.4, -0.2) is 35.4 Å². The maximum atomic E-state index is 11.8. The molecular formula is C13H21N3O. The molecule has 0 saturated heterocycles. The quantitative estimate of drug-likeness (QED) is 0.821. The lowest BCUT2D eigenvalue weighted by atomic mass is 10.2. The van der Waals surface area contributed by atoms with Crippen molar-refractivity contribution < 1.29 is 4.79 Å². The number of carbonyl (C=O) groups excluding carboxylic acids is 1. The molecular weight excluding hydrogens is 214 g/mol. The van der Waals surface area contributed by atoms with E-state index < -0.39 is 0 Å². The molecule has 0 atom stereocenters. The Balaban J connectivity index is 2.38. The number of rotatable bonds is 6. The molecule has 0 aliphatic heterocycles. The normalized spacial score (nSPS) is 10.1.